The summed E-state index contributed by atoms with van der Waals surface area (Å²) < 4.78 is 4.76. The zero-order chi connectivity index (χ0) is 12.4. The van der Waals surface area contributed by atoms with Gasteiger partial charge in [0.1, 0.15) is 0 Å². The van der Waals surface area contributed by atoms with Crippen LogP contribution in [0.15, 0.2) is 23.8 Å². The highest BCUT2D eigenvalue weighted by Crippen LogP contribution is 2.40. The molecule has 17 heavy (non-hydrogen) atoms. The number of allylic oxidation sites excluding steroid dienone is 3. The molecule has 1 saturated heterocycles. The zero-order valence-electron chi connectivity index (χ0n) is 10.3. The average molecular weight is 234 g/mol. The summed E-state index contributed by atoms with van der Waals surface area (Å²) in [5.41, 5.74) is 0.956. The minimum Gasteiger partial charge on any atom is -0.392 e. The normalized spacial score (nSPS) is 34.0. The van der Waals surface area contributed by atoms with Crippen LogP contribution in [-0.4, -0.2) is 11.9 Å². The minimum atomic E-state index is -0.376. The van der Waals surface area contributed by atoms with Crippen LogP contribution < -0.4 is 0 Å². The number of ether oxygens (including phenoxy) is 1. The van der Waals surface area contributed by atoms with E-state index in [0.717, 1.165) is 24.8 Å². The van der Waals surface area contributed by atoms with Gasteiger partial charge in [0.15, 0.2) is 0 Å². The first-order chi connectivity index (χ1) is 8.15. The van der Waals surface area contributed by atoms with Crippen LogP contribution >= 0.6 is 0 Å². The highest BCUT2D eigenvalue weighted by molar-refractivity contribution is 5.99. The topological polar surface area (TPSA) is 43.4 Å². The number of unbranched alkanes of at least 4 members (excludes halogenated alkanes) is 2. The molecule has 3 heteroatoms. The second kappa shape index (κ2) is 4.86. The maximum atomic E-state index is 11.7. The molecule has 92 valence electrons. The van der Waals surface area contributed by atoms with E-state index in [1.165, 1.54) is 0 Å². The number of hydrogen-bond donors (Lipinski definition) is 0. The highest BCUT2D eigenvalue weighted by Gasteiger charge is 2.49. The molecule has 0 aromatic heterocycles. The van der Waals surface area contributed by atoms with Crippen LogP contribution in [0.3, 0.4) is 0 Å². The van der Waals surface area contributed by atoms with Crippen molar-refractivity contribution in [3.63, 3.8) is 0 Å². The molecule has 2 aliphatic rings. The van der Waals surface area contributed by atoms with Crippen LogP contribution in [0.5, 0.6) is 0 Å². The van der Waals surface area contributed by atoms with Crippen molar-refractivity contribution in [2.45, 2.75) is 33.1 Å². The van der Waals surface area contributed by atoms with Crippen molar-refractivity contribution in [3.05, 3.63) is 23.8 Å². The minimum absolute atomic E-state index is 0.0854. The quantitative estimate of drug-likeness (QED) is 0.428. The van der Waals surface area contributed by atoms with E-state index in [0.29, 0.717) is 0 Å². The smallest absolute Gasteiger partial charge is 0.321 e. The van der Waals surface area contributed by atoms with Crippen molar-refractivity contribution in [3.8, 4) is 0 Å². The third-order valence-electron chi connectivity index (χ3n) is 3.54. The van der Waals surface area contributed by atoms with Crippen LogP contribution in [-0.2, 0) is 14.3 Å². The largest absolute Gasteiger partial charge is 0.392 e. The molecular weight excluding hydrogens is 216 g/mol. The summed E-state index contributed by atoms with van der Waals surface area (Å²) in [5.74, 6) is -1.32. The van der Waals surface area contributed by atoms with Gasteiger partial charge in [0.05, 0.1) is 11.8 Å². The second-order valence-electron chi connectivity index (χ2n) is 4.81. The van der Waals surface area contributed by atoms with Gasteiger partial charge in [0.2, 0.25) is 0 Å². The molecular formula is C14H18O3. The summed E-state index contributed by atoms with van der Waals surface area (Å²) in [6.07, 6.45) is 9.23. The van der Waals surface area contributed by atoms with Crippen molar-refractivity contribution in [1.82, 2.24) is 0 Å². The molecule has 0 spiro atoms. The van der Waals surface area contributed by atoms with Gasteiger partial charge in [-0.3, -0.25) is 9.59 Å². The Morgan fingerprint density at radius 3 is 2.82 bits per heavy atom. The van der Waals surface area contributed by atoms with Crippen LogP contribution in [0.4, 0.5) is 0 Å². The molecule has 0 N–H and O–H groups in total. The fourth-order valence-corrected chi connectivity index (χ4v) is 2.53. The van der Waals surface area contributed by atoms with Gasteiger partial charge < -0.3 is 4.74 Å². The van der Waals surface area contributed by atoms with E-state index in [1.807, 2.05) is 19.1 Å². The van der Waals surface area contributed by atoms with Crippen molar-refractivity contribution in [1.29, 1.82) is 0 Å². The van der Waals surface area contributed by atoms with E-state index in [9.17, 15) is 9.59 Å². The van der Waals surface area contributed by atoms with Crippen molar-refractivity contribution in [2.75, 3.05) is 0 Å². The van der Waals surface area contributed by atoms with Gasteiger partial charge in [-0.15, -0.1) is 0 Å². The summed E-state index contributed by atoms with van der Waals surface area (Å²) in [6.45, 7) is 4.09. The summed E-state index contributed by atoms with van der Waals surface area (Å²) in [5, 5.41) is 0. The predicted molar refractivity (Wildman–Crippen MR) is 64.0 cm³/mol. The Morgan fingerprint density at radius 2 is 2.12 bits per heavy atom. The molecule has 0 radical (unpaired) electrons. The number of cyclic esters (lactones) is 2. The summed E-state index contributed by atoms with van der Waals surface area (Å²) in [6, 6.07) is 0. The van der Waals surface area contributed by atoms with Gasteiger partial charge >= 0.3 is 11.9 Å². The Bertz CT molecular complexity index is 392. The molecule has 0 aromatic carbocycles. The van der Waals surface area contributed by atoms with Gasteiger partial charge in [0.25, 0.3) is 0 Å². The van der Waals surface area contributed by atoms with Crippen molar-refractivity contribution in [2.24, 2.45) is 17.8 Å². The lowest BCUT2D eigenvalue weighted by molar-refractivity contribution is -0.153. The SMILES string of the molecule is CCCC/C=C1\C=C[C@H](C)[C@@H]2C(=O)OC(=O)[C@H]12. The monoisotopic (exact) mass is 234 g/mol. The van der Waals surface area contributed by atoms with Gasteiger partial charge in [0, 0.05) is 0 Å². The second-order valence-corrected chi connectivity index (χ2v) is 4.81. The lowest BCUT2D eigenvalue weighted by Crippen LogP contribution is -2.27. The molecule has 0 bridgehead atoms. The Hall–Kier alpha value is -1.38. The zero-order valence-corrected chi connectivity index (χ0v) is 10.3. The van der Waals surface area contributed by atoms with E-state index in [1.54, 1.807) is 0 Å². The van der Waals surface area contributed by atoms with Crippen molar-refractivity contribution < 1.29 is 14.3 Å². The molecule has 1 aliphatic heterocycles. The summed E-state index contributed by atoms with van der Waals surface area (Å²) in [4.78, 5) is 23.3. The molecule has 0 unspecified atom stereocenters. The maximum Gasteiger partial charge on any atom is 0.321 e. The third kappa shape index (κ3) is 2.19. The van der Waals surface area contributed by atoms with Crippen LogP contribution in [0.25, 0.3) is 0 Å². The van der Waals surface area contributed by atoms with Crippen LogP contribution in [0, 0.1) is 17.8 Å². The first kappa shape index (κ1) is 12.1. The Morgan fingerprint density at radius 1 is 1.35 bits per heavy atom. The molecule has 0 saturated carbocycles. The standard InChI is InChI=1S/C14H18O3/c1-3-4-5-6-10-8-7-9(2)11-12(10)14(16)17-13(11)15/h6-9,11-12H,3-5H2,1-2H3/b10-6+/t9-,11-,12+/m0/s1. The van der Waals surface area contributed by atoms with Gasteiger partial charge in [-0.1, -0.05) is 44.9 Å². The van der Waals surface area contributed by atoms with E-state index >= 15 is 0 Å². The van der Waals surface area contributed by atoms with Gasteiger partial charge in [-0.25, -0.2) is 0 Å². The Labute approximate surface area is 102 Å². The first-order valence-corrected chi connectivity index (χ1v) is 6.29. The van der Waals surface area contributed by atoms with E-state index in [2.05, 4.69) is 13.0 Å². The molecule has 3 atom stereocenters. The Kier molecular flexibility index (Phi) is 3.46. The maximum absolute atomic E-state index is 11.7. The molecule has 1 aliphatic carbocycles. The fourth-order valence-electron chi connectivity index (χ4n) is 2.53. The van der Waals surface area contributed by atoms with E-state index in [4.69, 9.17) is 4.74 Å². The predicted octanol–water partition coefficient (Wildman–Crippen LogP) is 2.62. The number of rotatable bonds is 3. The molecule has 1 fully saturated rings. The van der Waals surface area contributed by atoms with Gasteiger partial charge in [-0.05, 0) is 17.9 Å². The van der Waals surface area contributed by atoms with Crippen LogP contribution in [0.2, 0.25) is 0 Å². The first-order valence-electron chi connectivity index (χ1n) is 6.29. The molecule has 0 amide bonds. The number of fused-ring (bicyclic) bond motifs is 1. The fraction of sp³-hybridized carbons (Fsp3) is 0.571. The average Bonchev–Trinajstić information content (AvgIpc) is 2.59. The third-order valence-corrected chi connectivity index (χ3v) is 3.54. The van der Waals surface area contributed by atoms with Gasteiger partial charge in [-0.2, -0.15) is 0 Å². The summed E-state index contributed by atoms with van der Waals surface area (Å²) >= 11 is 0. The Balaban J connectivity index is 2.23. The summed E-state index contributed by atoms with van der Waals surface area (Å²) in [7, 11) is 0. The highest BCUT2D eigenvalue weighted by atomic mass is 16.6. The number of carbonyl (C=O) groups excluding carboxylic acids is 2. The van der Waals surface area contributed by atoms with E-state index < -0.39 is 0 Å². The van der Waals surface area contributed by atoms with E-state index in [-0.39, 0.29) is 29.7 Å². The molecule has 1 heterocycles. The lowest BCUT2D eigenvalue weighted by Gasteiger charge is -2.23. The number of carbonyl (C=O) groups is 2. The van der Waals surface area contributed by atoms with Crippen LogP contribution in [0.1, 0.15) is 33.1 Å². The lowest BCUT2D eigenvalue weighted by atomic mass is 9.75. The van der Waals surface area contributed by atoms with Crippen molar-refractivity contribution >= 4 is 11.9 Å². The number of hydrogen-bond acceptors (Lipinski definition) is 3. The molecule has 0 aromatic rings. The number of esters is 2. The molecule has 3 nitrogen and oxygen atoms in total. The molecule has 2 rings (SSSR count).